The molecular formula is C26H23N3O3. The van der Waals surface area contributed by atoms with Crippen molar-refractivity contribution in [3.8, 4) is 11.4 Å². The SMILES string of the molecule is CCC(OC(=O)c1ccc(-c2ncc[nH]2)cc1)C(=O)N(c1ccccc1)c1ccccc1. The average Bonchev–Trinajstić information content (AvgIpc) is 3.39. The van der Waals surface area contributed by atoms with E-state index in [0.717, 1.165) is 5.56 Å². The van der Waals surface area contributed by atoms with Crippen molar-refractivity contribution in [2.24, 2.45) is 0 Å². The maximum Gasteiger partial charge on any atom is 0.338 e. The lowest BCUT2D eigenvalue weighted by molar-refractivity contribution is -0.126. The molecule has 0 saturated heterocycles. The maximum atomic E-state index is 13.5. The molecule has 160 valence electrons. The van der Waals surface area contributed by atoms with Crippen LogP contribution in [0.15, 0.2) is 97.3 Å². The Hall–Kier alpha value is -4.19. The van der Waals surface area contributed by atoms with E-state index in [2.05, 4.69) is 9.97 Å². The zero-order chi connectivity index (χ0) is 22.3. The number of H-pyrrole nitrogens is 1. The molecule has 1 heterocycles. The predicted octanol–water partition coefficient (Wildman–Crippen LogP) is 5.38. The first-order valence-electron chi connectivity index (χ1n) is 10.4. The summed E-state index contributed by atoms with van der Waals surface area (Å²) in [6, 6.07) is 25.6. The van der Waals surface area contributed by atoms with E-state index in [0.29, 0.717) is 29.2 Å². The summed E-state index contributed by atoms with van der Waals surface area (Å²) < 4.78 is 5.65. The first-order chi connectivity index (χ1) is 15.7. The number of ether oxygens (including phenoxy) is 1. The van der Waals surface area contributed by atoms with E-state index >= 15 is 0 Å². The monoisotopic (exact) mass is 425 g/mol. The molecule has 32 heavy (non-hydrogen) atoms. The number of para-hydroxylation sites is 2. The lowest BCUT2D eigenvalue weighted by atomic mass is 10.1. The number of esters is 1. The molecule has 0 saturated carbocycles. The van der Waals surface area contributed by atoms with Gasteiger partial charge in [0.25, 0.3) is 5.91 Å². The molecule has 0 aliphatic rings. The minimum atomic E-state index is -0.923. The molecule has 1 aromatic heterocycles. The highest BCUT2D eigenvalue weighted by Gasteiger charge is 2.29. The smallest absolute Gasteiger partial charge is 0.338 e. The predicted molar refractivity (Wildman–Crippen MR) is 124 cm³/mol. The molecule has 6 nitrogen and oxygen atoms in total. The Kier molecular flexibility index (Phi) is 6.41. The number of aromatic nitrogens is 2. The van der Waals surface area contributed by atoms with Crippen molar-refractivity contribution in [3.05, 3.63) is 103 Å². The first-order valence-corrected chi connectivity index (χ1v) is 10.4. The van der Waals surface area contributed by atoms with Gasteiger partial charge in [0, 0.05) is 29.3 Å². The van der Waals surface area contributed by atoms with E-state index in [4.69, 9.17) is 4.74 Å². The zero-order valence-electron chi connectivity index (χ0n) is 17.6. The number of benzene rings is 3. The number of nitrogens with zero attached hydrogens (tertiary/aromatic N) is 2. The third-order valence-electron chi connectivity index (χ3n) is 5.04. The minimum absolute atomic E-state index is 0.301. The lowest BCUT2D eigenvalue weighted by Crippen LogP contribution is -2.38. The van der Waals surface area contributed by atoms with Gasteiger partial charge in [-0.05, 0) is 42.8 Å². The van der Waals surface area contributed by atoms with E-state index in [1.807, 2.05) is 67.6 Å². The van der Waals surface area contributed by atoms with Crippen molar-refractivity contribution in [1.29, 1.82) is 0 Å². The highest BCUT2D eigenvalue weighted by molar-refractivity contribution is 6.04. The fourth-order valence-corrected chi connectivity index (χ4v) is 3.39. The topological polar surface area (TPSA) is 75.3 Å². The summed E-state index contributed by atoms with van der Waals surface area (Å²) in [5.41, 5.74) is 2.65. The van der Waals surface area contributed by atoms with Crippen molar-refractivity contribution in [1.82, 2.24) is 9.97 Å². The van der Waals surface area contributed by atoms with Crippen LogP contribution in [0.3, 0.4) is 0 Å². The summed E-state index contributed by atoms with van der Waals surface area (Å²) in [6.45, 7) is 1.82. The Morgan fingerprint density at radius 3 is 2.00 bits per heavy atom. The summed E-state index contributed by atoms with van der Waals surface area (Å²) in [6.07, 6.45) is 2.83. The average molecular weight is 425 g/mol. The quantitative estimate of drug-likeness (QED) is 0.404. The van der Waals surface area contributed by atoms with Crippen LogP contribution in [0.1, 0.15) is 23.7 Å². The molecular weight excluding hydrogens is 402 g/mol. The Labute approximate surface area is 186 Å². The highest BCUT2D eigenvalue weighted by Crippen LogP contribution is 2.27. The van der Waals surface area contributed by atoms with Gasteiger partial charge in [0.15, 0.2) is 6.10 Å². The number of imidazole rings is 1. The molecule has 0 aliphatic heterocycles. The Morgan fingerprint density at radius 2 is 1.50 bits per heavy atom. The molecule has 0 bridgehead atoms. The largest absolute Gasteiger partial charge is 0.449 e. The van der Waals surface area contributed by atoms with E-state index in [9.17, 15) is 9.59 Å². The second-order valence-electron chi connectivity index (χ2n) is 7.16. The fraction of sp³-hybridized carbons (Fsp3) is 0.115. The van der Waals surface area contributed by atoms with Crippen LogP contribution in [0.25, 0.3) is 11.4 Å². The van der Waals surface area contributed by atoms with Crippen molar-refractivity contribution in [2.45, 2.75) is 19.4 Å². The van der Waals surface area contributed by atoms with Crippen LogP contribution >= 0.6 is 0 Å². The van der Waals surface area contributed by atoms with Gasteiger partial charge >= 0.3 is 5.97 Å². The van der Waals surface area contributed by atoms with Crippen LogP contribution < -0.4 is 4.90 Å². The molecule has 3 aromatic carbocycles. The van der Waals surface area contributed by atoms with Gasteiger partial charge in [-0.2, -0.15) is 0 Å². The Balaban J connectivity index is 1.55. The third kappa shape index (κ3) is 4.59. The minimum Gasteiger partial charge on any atom is -0.449 e. The van der Waals surface area contributed by atoms with Crippen molar-refractivity contribution in [2.75, 3.05) is 4.90 Å². The number of amides is 1. The molecule has 0 spiro atoms. The van der Waals surface area contributed by atoms with Gasteiger partial charge in [0.1, 0.15) is 5.82 Å². The Morgan fingerprint density at radius 1 is 0.906 bits per heavy atom. The second-order valence-corrected chi connectivity index (χ2v) is 7.16. The molecule has 1 N–H and O–H groups in total. The van der Waals surface area contributed by atoms with Gasteiger partial charge in [-0.1, -0.05) is 55.5 Å². The van der Waals surface area contributed by atoms with Gasteiger partial charge in [0.2, 0.25) is 0 Å². The maximum absolute atomic E-state index is 13.5. The van der Waals surface area contributed by atoms with Gasteiger partial charge in [-0.15, -0.1) is 0 Å². The number of nitrogens with one attached hydrogen (secondary N) is 1. The van der Waals surface area contributed by atoms with Crippen molar-refractivity contribution < 1.29 is 14.3 Å². The number of hydrogen-bond acceptors (Lipinski definition) is 4. The fourth-order valence-electron chi connectivity index (χ4n) is 3.39. The standard InChI is InChI=1S/C26H23N3O3/c1-2-23(32-26(31)20-15-13-19(14-16-20)24-27-17-18-28-24)25(30)29(21-9-5-3-6-10-21)22-11-7-4-8-12-22/h3-18,23H,2H2,1H3,(H,27,28). The van der Waals surface area contributed by atoms with E-state index in [1.54, 1.807) is 41.6 Å². The van der Waals surface area contributed by atoms with E-state index in [1.165, 1.54) is 0 Å². The van der Waals surface area contributed by atoms with Crippen molar-refractivity contribution >= 4 is 23.3 Å². The van der Waals surface area contributed by atoms with Crippen LogP contribution in [0.5, 0.6) is 0 Å². The molecule has 0 radical (unpaired) electrons. The number of carbonyl (C=O) groups excluding carboxylic acids is 2. The van der Waals surface area contributed by atoms with Crippen LogP contribution in [-0.2, 0) is 9.53 Å². The third-order valence-corrected chi connectivity index (χ3v) is 5.04. The molecule has 4 aromatic rings. The van der Waals surface area contributed by atoms with Gasteiger partial charge in [0.05, 0.1) is 5.56 Å². The number of anilines is 2. The molecule has 0 aliphatic carbocycles. The number of hydrogen-bond donors (Lipinski definition) is 1. The van der Waals surface area contributed by atoms with Gasteiger partial charge in [-0.3, -0.25) is 9.69 Å². The summed E-state index contributed by atoms with van der Waals surface area (Å²) in [7, 11) is 0. The summed E-state index contributed by atoms with van der Waals surface area (Å²) in [4.78, 5) is 35.1. The van der Waals surface area contributed by atoms with Gasteiger partial charge in [-0.25, -0.2) is 9.78 Å². The second kappa shape index (κ2) is 9.75. The van der Waals surface area contributed by atoms with Gasteiger partial charge < -0.3 is 9.72 Å². The molecule has 0 fully saturated rings. The normalized spacial score (nSPS) is 11.5. The lowest BCUT2D eigenvalue weighted by Gasteiger charge is -2.27. The molecule has 1 atom stereocenters. The van der Waals surface area contributed by atoms with Crippen LogP contribution in [0.2, 0.25) is 0 Å². The molecule has 6 heteroatoms. The number of aromatic amines is 1. The summed E-state index contributed by atoms with van der Waals surface area (Å²) >= 11 is 0. The first kappa shape index (κ1) is 21.1. The highest BCUT2D eigenvalue weighted by atomic mass is 16.5. The summed E-state index contributed by atoms with van der Waals surface area (Å²) in [5.74, 6) is -0.129. The van der Waals surface area contributed by atoms with Crippen molar-refractivity contribution in [3.63, 3.8) is 0 Å². The number of rotatable bonds is 7. The molecule has 1 unspecified atom stereocenters. The van der Waals surface area contributed by atoms with Crippen LogP contribution in [-0.4, -0.2) is 27.9 Å². The van der Waals surface area contributed by atoms with Crippen LogP contribution in [0, 0.1) is 0 Å². The van der Waals surface area contributed by atoms with Crippen LogP contribution in [0.4, 0.5) is 11.4 Å². The molecule has 4 rings (SSSR count). The zero-order valence-corrected chi connectivity index (χ0v) is 17.6. The molecule has 1 amide bonds. The van der Waals surface area contributed by atoms with E-state index in [-0.39, 0.29) is 5.91 Å². The van der Waals surface area contributed by atoms with E-state index < -0.39 is 12.1 Å². The number of carbonyl (C=O) groups is 2. The Bertz CT molecular complexity index is 1120. The summed E-state index contributed by atoms with van der Waals surface area (Å²) in [5, 5.41) is 0.